The van der Waals surface area contributed by atoms with Crippen LogP contribution in [0.5, 0.6) is 0 Å². The normalized spacial score (nSPS) is 19.8. The first-order chi connectivity index (χ1) is 9.63. The van der Waals surface area contributed by atoms with Gasteiger partial charge in [-0.2, -0.15) is 0 Å². The highest BCUT2D eigenvalue weighted by molar-refractivity contribution is 7.89. The average molecular weight is 299 g/mol. The number of rotatable bonds is 6. The van der Waals surface area contributed by atoms with E-state index >= 15 is 0 Å². The van der Waals surface area contributed by atoms with E-state index in [1.165, 1.54) is 6.20 Å². The van der Waals surface area contributed by atoms with E-state index < -0.39 is 10.0 Å². The second kappa shape index (κ2) is 7.01. The Morgan fingerprint density at radius 2 is 2.30 bits per heavy atom. The Morgan fingerprint density at radius 1 is 1.45 bits per heavy atom. The maximum absolute atomic E-state index is 12.3. The van der Waals surface area contributed by atoms with E-state index in [-0.39, 0.29) is 11.1 Å². The van der Waals surface area contributed by atoms with Gasteiger partial charge in [-0.3, -0.25) is 0 Å². The van der Waals surface area contributed by atoms with Crippen molar-refractivity contribution in [2.75, 3.05) is 25.0 Å². The zero-order valence-corrected chi connectivity index (χ0v) is 12.4. The highest BCUT2D eigenvalue weighted by atomic mass is 32.2. The van der Waals surface area contributed by atoms with Gasteiger partial charge in [0.15, 0.2) is 5.03 Å². The molecule has 2 N–H and O–H groups in total. The molecule has 1 aliphatic rings. The summed E-state index contributed by atoms with van der Waals surface area (Å²) in [6.07, 6.45) is 4.47. The maximum atomic E-state index is 12.3. The second-order valence-corrected chi connectivity index (χ2v) is 6.41. The average Bonchev–Trinajstić information content (AvgIpc) is 2.47. The first kappa shape index (κ1) is 15.2. The topological polar surface area (TPSA) is 80.3 Å². The van der Waals surface area contributed by atoms with Gasteiger partial charge in [-0.05, 0) is 38.3 Å². The van der Waals surface area contributed by atoms with Crippen LogP contribution in [0.2, 0.25) is 0 Å². The van der Waals surface area contributed by atoms with Crippen molar-refractivity contribution in [2.24, 2.45) is 0 Å². The number of sulfonamides is 1. The zero-order chi connectivity index (χ0) is 14.4. The lowest BCUT2D eigenvalue weighted by molar-refractivity contribution is 0.0200. The number of nitrogens with one attached hydrogen (secondary N) is 2. The molecule has 112 valence electrons. The first-order valence-corrected chi connectivity index (χ1v) is 8.42. The van der Waals surface area contributed by atoms with Crippen LogP contribution in [-0.2, 0) is 14.8 Å². The number of hydrogen-bond acceptors (Lipinski definition) is 5. The van der Waals surface area contributed by atoms with Gasteiger partial charge in [0.25, 0.3) is 10.0 Å². The largest absolute Gasteiger partial charge is 0.383 e. The molecular formula is C13H21N3O3S. The van der Waals surface area contributed by atoms with E-state index in [0.717, 1.165) is 19.3 Å². The summed E-state index contributed by atoms with van der Waals surface area (Å²) in [6, 6.07) is 3.42. The Labute approximate surface area is 120 Å². The summed E-state index contributed by atoms with van der Waals surface area (Å²) in [5, 5.41) is 3.05. The first-order valence-electron chi connectivity index (χ1n) is 6.93. The summed E-state index contributed by atoms with van der Waals surface area (Å²) < 4.78 is 32.7. The minimum atomic E-state index is -3.62. The van der Waals surface area contributed by atoms with Crippen LogP contribution in [0.3, 0.4) is 0 Å². The Hall–Kier alpha value is -1.18. The molecule has 0 bridgehead atoms. The quantitative estimate of drug-likeness (QED) is 0.829. The predicted octanol–water partition coefficient (Wildman–Crippen LogP) is 1.36. The summed E-state index contributed by atoms with van der Waals surface area (Å²) in [5.41, 5.74) is 0.520. The van der Waals surface area contributed by atoms with Crippen molar-refractivity contribution in [2.45, 2.75) is 37.3 Å². The van der Waals surface area contributed by atoms with Crippen molar-refractivity contribution in [3.63, 3.8) is 0 Å². The van der Waals surface area contributed by atoms with Gasteiger partial charge in [-0.1, -0.05) is 0 Å². The molecule has 1 aromatic rings. The number of anilines is 1. The molecule has 1 aliphatic heterocycles. The van der Waals surface area contributed by atoms with Crippen LogP contribution in [0.4, 0.5) is 5.69 Å². The Morgan fingerprint density at radius 3 is 3.00 bits per heavy atom. The van der Waals surface area contributed by atoms with Crippen LogP contribution < -0.4 is 10.0 Å². The van der Waals surface area contributed by atoms with Gasteiger partial charge in [-0.25, -0.2) is 18.1 Å². The smallest absolute Gasteiger partial charge is 0.260 e. The molecule has 1 atom stereocenters. The number of aromatic nitrogens is 1. The van der Waals surface area contributed by atoms with Gasteiger partial charge in [0.1, 0.15) is 0 Å². The number of pyridine rings is 1. The third-order valence-electron chi connectivity index (χ3n) is 3.17. The van der Waals surface area contributed by atoms with E-state index in [0.29, 0.717) is 25.4 Å². The standard InChI is InChI=1S/C13H21N3O3S/c1-2-14-12-7-5-8-15-13(12)20(17,18)16-10-11-6-3-4-9-19-11/h5,7-8,11,14,16H,2-4,6,9-10H2,1H3. The molecule has 20 heavy (non-hydrogen) atoms. The SMILES string of the molecule is CCNc1cccnc1S(=O)(=O)NCC1CCCCO1. The molecule has 7 heteroatoms. The summed E-state index contributed by atoms with van der Waals surface area (Å²) in [5.74, 6) is 0. The molecule has 0 aliphatic carbocycles. The number of ether oxygens (including phenoxy) is 1. The van der Waals surface area contributed by atoms with Crippen molar-refractivity contribution in [1.82, 2.24) is 9.71 Å². The molecule has 0 radical (unpaired) electrons. The fourth-order valence-electron chi connectivity index (χ4n) is 2.17. The van der Waals surface area contributed by atoms with E-state index in [9.17, 15) is 8.42 Å². The Bertz CT molecular complexity index is 527. The van der Waals surface area contributed by atoms with E-state index in [2.05, 4.69) is 15.0 Å². The number of hydrogen-bond donors (Lipinski definition) is 2. The van der Waals surface area contributed by atoms with Crippen LogP contribution >= 0.6 is 0 Å². The highest BCUT2D eigenvalue weighted by Crippen LogP contribution is 2.18. The molecule has 2 rings (SSSR count). The molecule has 0 aromatic carbocycles. The number of nitrogens with zero attached hydrogens (tertiary/aromatic N) is 1. The molecule has 0 saturated carbocycles. The minimum Gasteiger partial charge on any atom is -0.383 e. The van der Waals surface area contributed by atoms with Crippen molar-refractivity contribution >= 4 is 15.7 Å². The monoisotopic (exact) mass is 299 g/mol. The second-order valence-electron chi connectivity index (χ2n) is 4.73. The predicted molar refractivity (Wildman–Crippen MR) is 77.2 cm³/mol. The van der Waals surface area contributed by atoms with Gasteiger partial charge in [0, 0.05) is 25.9 Å². The van der Waals surface area contributed by atoms with Gasteiger partial charge in [-0.15, -0.1) is 0 Å². The molecular weight excluding hydrogens is 278 g/mol. The molecule has 1 unspecified atom stereocenters. The van der Waals surface area contributed by atoms with Crippen LogP contribution in [0.15, 0.2) is 23.4 Å². The fraction of sp³-hybridized carbons (Fsp3) is 0.615. The zero-order valence-electron chi connectivity index (χ0n) is 11.6. The van der Waals surface area contributed by atoms with Gasteiger partial charge < -0.3 is 10.1 Å². The van der Waals surface area contributed by atoms with E-state index in [1.54, 1.807) is 12.1 Å². The molecule has 0 amide bonds. The van der Waals surface area contributed by atoms with Crippen LogP contribution in [0, 0.1) is 0 Å². The van der Waals surface area contributed by atoms with Crippen molar-refractivity contribution in [3.05, 3.63) is 18.3 Å². The summed E-state index contributed by atoms with van der Waals surface area (Å²) in [6.45, 7) is 3.55. The highest BCUT2D eigenvalue weighted by Gasteiger charge is 2.22. The Kier molecular flexibility index (Phi) is 5.33. The summed E-state index contributed by atoms with van der Waals surface area (Å²) >= 11 is 0. The summed E-state index contributed by atoms with van der Waals surface area (Å²) in [4.78, 5) is 3.98. The molecule has 6 nitrogen and oxygen atoms in total. The molecule has 1 aromatic heterocycles. The lowest BCUT2D eigenvalue weighted by atomic mass is 10.1. The third-order valence-corrected chi connectivity index (χ3v) is 4.55. The van der Waals surface area contributed by atoms with Crippen molar-refractivity contribution < 1.29 is 13.2 Å². The molecule has 2 heterocycles. The maximum Gasteiger partial charge on any atom is 0.260 e. The van der Waals surface area contributed by atoms with E-state index in [4.69, 9.17) is 4.74 Å². The van der Waals surface area contributed by atoms with Gasteiger partial charge in [0.2, 0.25) is 0 Å². The van der Waals surface area contributed by atoms with Gasteiger partial charge in [0.05, 0.1) is 11.8 Å². The third kappa shape index (κ3) is 3.91. The Balaban J connectivity index is 2.05. The lowest BCUT2D eigenvalue weighted by Crippen LogP contribution is -2.36. The summed E-state index contributed by atoms with van der Waals surface area (Å²) in [7, 11) is -3.62. The van der Waals surface area contributed by atoms with Crippen LogP contribution in [0.25, 0.3) is 0 Å². The van der Waals surface area contributed by atoms with Crippen LogP contribution in [0.1, 0.15) is 26.2 Å². The fourth-order valence-corrected chi connectivity index (χ4v) is 3.34. The van der Waals surface area contributed by atoms with Crippen LogP contribution in [-0.4, -0.2) is 39.2 Å². The lowest BCUT2D eigenvalue weighted by Gasteiger charge is -2.22. The molecule has 1 saturated heterocycles. The molecule has 1 fully saturated rings. The van der Waals surface area contributed by atoms with Crippen molar-refractivity contribution in [3.8, 4) is 0 Å². The van der Waals surface area contributed by atoms with E-state index in [1.807, 2.05) is 6.92 Å². The molecule has 0 spiro atoms. The minimum absolute atomic E-state index is 0.0372. The van der Waals surface area contributed by atoms with Gasteiger partial charge >= 0.3 is 0 Å². The van der Waals surface area contributed by atoms with Crippen molar-refractivity contribution in [1.29, 1.82) is 0 Å².